The number of carbonyl (C=O) groups is 6. The van der Waals surface area contributed by atoms with E-state index < -0.39 is 66.2 Å². The summed E-state index contributed by atoms with van der Waals surface area (Å²) in [6.45, 7) is 9.71. The molecule has 1 fully saturated rings. The van der Waals surface area contributed by atoms with Gasteiger partial charge < -0.3 is 34.9 Å². The number of hydrogen-bond acceptors (Lipinski definition) is 10. The van der Waals surface area contributed by atoms with Crippen LogP contribution in [0.25, 0.3) is 0 Å². The first-order valence-electron chi connectivity index (χ1n) is 15.5. The average Bonchev–Trinajstić information content (AvgIpc) is 3.36. The molecule has 2 aliphatic rings. The minimum atomic E-state index is -1.47. The Hall–Kier alpha value is -5.49. The Morgan fingerprint density at radius 3 is 2.31 bits per heavy atom. The fourth-order valence-electron chi connectivity index (χ4n) is 5.22. The Kier molecular flexibility index (Phi) is 10.6. The predicted molar refractivity (Wildman–Crippen MR) is 173 cm³/mol. The molecule has 2 atom stereocenters. The molecule has 2 heterocycles. The van der Waals surface area contributed by atoms with Crippen molar-refractivity contribution in [2.24, 2.45) is 5.92 Å². The SMILES string of the molecule is CC(C)(C)OC(=O)N(Cc1cc(NC(=O)[C@H](CC(=O)O)[C@H]2OCCN(c3ccc4c(c3)CNC4=O)C2=O)ccc1C#N)C(=O)OC(C)(C)C. The third kappa shape index (κ3) is 9.11. The Labute approximate surface area is 283 Å². The number of anilines is 2. The highest BCUT2D eigenvalue weighted by atomic mass is 16.6. The summed E-state index contributed by atoms with van der Waals surface area (Å²) >= 11 is 0. The molecule has 49 heavy (non-hydrogen) atoms. The minimum absolute atomic E-state index is 0.0141. The molecule has 4 rings (SSSR count). The van der Waals surface area contributed by atoms with Crippen LogP contribution in [0.2, 0.25) is 0 Å². The molecule has 0 aromatic heterocycles. The number of fused-ring (bicyclic) bond motifs is 1. The van der Waals surface area contributed by atoms with Crippen LogP contribution >= 0.6 is 0 Å². The zero-order chi connectivity index (χ0) is 36.3. The molecule has 260 valence electrons. The lowest BCUT2D eigenvalue weighted by Crippen LogP contribution is -2.53. The number of nitriles is 1. The van der Waals surface area contributed by atoms with E-state index in [0.717, 1.165) is 0 Å². The molecule has 2 aromatic rings. The van der Waals surface area contributed by atoms with Crippen LogP contribution in [0, 0.1) is 17.2 Å². The highest BCUT2D eigenvalue weighted by molar-refractivity contribution is 6.04. The highest BCUT2D eigenvalue weighted by Gasteiger charge is 2.42. The number of carboxylic acids is 1. The van der Waals surface area contributed by atoms with Gasteiger partial charge in [-0.05, 0) is 89.1 Å². The topological polar surface area (TPSA) is 205 Å². The lowest BCUT2D eigenvalue weighted by Gasteiger charge is -2.35. The Balaban J connectivity index is 1.59. The molecule has 3 N–H and O–H groups in total. The van der Waals surface area contributed by atoms with Gasteiger partial charge >= 0.3 is 18.2 Å². The van der Waals surface area contributed by atoms with Gasteiger partial charge in [0.05, 0.1) is 37.1 Å². The quantitative estimate of drug-likeness (QED) is 0.365. The number of hydrogen-bond donors (Lipinski definition) is 3. The number of carbonyl (C=O) groups excluding carboxylic acids is 5. The first-order valence-corrected chi connectivity index (χ1v) is 15.5. The highest BCUT2D eigenvalue weighted by Crippen LogP contribution is 2.29. The smallest absolute Gasteiger partial charge is 0.420 e. The summed E-state index contributed by atoms with van der Waals surface area (Å²) in [5.74, 6) is -4.51. The summed E-state index contributed by atoms with van der Waals surface area (Å²) in [6.07, 6.45) is -4.24. The van der Waals surface area contributed by atoms with Crippen molar-refractivity contribution in [1.82, 2.24) is 10.2 Å². The third-order valence-electron chi connectivity index (χ3n) is 7.35. The number of aliphatic carboxylic acids is 1. The average molecular weight is 678 g/mol. The van der Waals surface area contributed by atoms with Gasteiger partial charge in [-0.25, -0.2) is 14.5 Å². The van der Waals surface area contributed by atoms with Crippen molar-refractivity contribution in [3.63, 3.8) is 0 Å². The molecule has 0 bridgehead atoms. The monoisotopic (exact) mass is 677 g/mol. The van der Waals surface area contributed by atoms with Crippen molar-refractivity contribution in [2.75, 3.05) is 23.4 Å². The van der Waals surface area contributed by atoms with E-state index in [9.17, 15) is 39.1 Å². The number of morpholine rings is 1. The van der Waals surface area contributed by atoms with Crippen LogP contribution in [0.5, 0.6) is 0 Å². The molecule has 0 radical (unpaired) electrons. The zero-order valence-corrected chi connectivity index (χ0v) is 28.1. The fourth-order valence-corrected chi connectivity index (χ4v) is 5.22. The van der Waals surface area contributed by atoms with Crippen LogP contribution in [0.1, 0.15) is 75.0 Å². The van der Waals surface area contributed by atoms with Crippen LogP contribution in [0.4, 0.5) is 21.0 Å². The second kappa shape index (κ2) is 14.3. The van der Waals surface area contributed by atoms with E-state index >= 15 is 0 Å². The van der Waals surface area contributed by atoms with Crippen LogP contribution in [-0.2, 0) is 41.7 Å². The summed E-state index contributed by atoms with van der Waals surface area (Å²) in [4.78, 5) is 79.4. The van der Waals surface area contributed by atoms with Crippen molar-refractivity contribution in [3.05, 3.63) is 58.7 Å². The summed E-state index contributed by atoms with van der Waals surface area (Å²) < 4.78 is 16.5. The van der Waals surface area contributed by atoms with Gasteiger partial charge in [0.2, 0.25) is 5.91 Å². The maximum Gasteiger partial charge on any atom is 0.420 e. The maximum absolute atomic E-state index is 13.7. The molecular weight excluding hydrogens is 638 g/mol. The number of carboxylic acid groups (broad SMARTS) is 1. The van der Waals surface area contributed by atoms with E-state index in [0.29, 0.717) is 28.3 Å². The first kappa shape index (κ1) is 36.3. The van der Waals surface area contributed by atoms with E-state index in [1.807, 2.05) is 6.07 Å². The number of nitrogens with zero attached hydrogens (tertiary/aromatic N) is 3. The van der Waals surface area contributed by atoms with Gasteiger partial charge in [0, 0.05) is 30.0 Å². The molecule has 0 spiro atoms. The van der Waals surface area contributed by atoms with Crippen LogP contribution < -0.4 is 15.5 Å². The van der Waals surface area contributed by atoms with E-state index in [1.54, 1.807) is 59.7 Å². The normalized spacial score (nSPS) is 16.5. The molecule has 5 amide bonds. The zero-order valence-electron chi connectivity index (χ0n) is 28.1. The molecule has 0 unspecified atom stereocenters. The van der Waals surface area contributed by atoms with Crippen LogP contribution in [0.3, 0.4) is 0 Å². The lowest BCUT2D eigenvalue weighted by atomic mass is 9.94. The van der Waals surface area contributed by atoms with Crippen molar-refractivity contribution in [3.8, 4) is 6.07 Å². The molecular formula is C34H39N5O10. The van der Waals surface area contributed by atoms with E-state index in [4.69, 9.17) is 14.2 Å². The number of amides is 5. The minimum Gasteiger partial charge on any atom is -0.481 e. The largest absolute Gasteiger partial charge is 0.481 e. The second-order valence-electron chi connectivity index (χ2n) is 13.5. The van der Waals surface area contributed by atoms with Gasteiger partial charge in [0.25, 0.3) is 11.8 Å². The second-order valence-corrected chi connectivity index (χ2v) is 13.5. The number of rotatable bonds is 8. The van der Waals surface area contributed by atoms with Gasteiger partial charge in [-0.1, -0.05) is 0 Å². The Morgan fingerprint density at radius 1 is 1.06 bits per heavy atom. The summed E-state index contributed by atoms with van der Waals surface area (Å²) in [5, 5.41) is 24.8. The van der Waals surface area contributed by atoms with Crippen molar-refractivity contribution >= 4 is 47.3 Å². The van der Waals surface area contributed by atoms with Gasteiger partial charge in [-0.3, -0.25) is 19.2 Å². The van der Waals surface area contributed by atoms with Gasteiger partial charge in [-0.15, -0.1) is 0 Å². The van der Waals surface area contributed by atoms with E-state index in [2.05, 4.69) is 10.6 Å². The first-order chi connectivity index (χ1) is 22.9. The fraction of sp³-hybridized carbons (Fsp3) is 0.441. The molecule has 0 saturated carbocycles. The van der Waals surface area contributed by atoms with E-state index in [-0.39, 0.29) is 35.9 Å². The van der Waals surface area contributed by atoms with Crippen molar-refractivity contribution in [2.45, 2.75) is 78.4 Å². The van der Waals surface area contributed by atoms with Crippen molar-refractivity contribution < 1.29 is 48.1 Å². The van der Waals surface area contributed by atoms with Crippen LogP contribution in [-0.4, -0.2) is 76.3 Å². The standard InChI is InChI=1S/C34H39N5O10/c1-33(2,3)48-31(45)39(32(46)49-34(4,5)6)18-21-13-22(8-7-19(21)16-35)37-29(43)25(15-26(40)41)27-30(44)38(11-12-47-27)23-9-10-24-20(14-23)17-36-28(24)42/h7-10,13-14,25,27H,11-12,15,17-18H2,1-6H3,(H,36,42)(H,37,43)(H,40,41)/t25-,27-/m1/s1. The van der Waals surface area contributed by atoms with Gasteiger partial charge in [0.1, 0.15) is 17.3 Å². The number of ether oxygens (including phenoxy) is 3. The maximum atomic E-state index is 13.7. The number of nitrogens with one attached hydrogen (secondary N) is 2. The molecule has 2 aromatic carbocycles. The molecule has 0 aliphatic carbocycles. The van der Waals surface area contributed by atoms with Gasteiger partial charge in [0.15, 0.2) is 0 Å². The molecule has 15 heteroatoms. The van der Waals surface area contributed by atoms with Crippen LogP contribution in [0.15, 0.2) is 36.4 Å². The number of benzene rings is 2. The van der Waals surface area contributed by atoms with Gasteiger partial charge in [-0.2, -0.15) is 5.26 Å². The Morgan fingerprint density at radius 2 is 1.71 bits per heavy atom. The lowest BCUT2D eigenvalue weighted by molar-refractivity contribution is -0.149. The van der Waals surface area contributed by atoms with Crippen molar-refractivity contribution in [1.29, 1.82) is 5.26 Å². The molecule has 15 nitrogen and oxygen atoms in total. The molecule has 1 saturated heterocycles. The number of imide groups is 1. The van der Waals surface area contributed by atoms with E-state index in [1.165, 1.54) is 23.1 Å². The summed E-state index contributed by atoms with van der Waals surface area (Å²) in [6, 6.07) is 11.0. The summed E-state index contributed by atoms with van der Waals surface area (Å²) in [5.41, 5.74) is 0.0540. The third-order valence-corrected chi connectivity index (χ3v) is 7.35. The Bertz CT molecular complexity index is 1690. The predicted octanol–water partition coefficient (Wildman–Crippen LogP) is 3.94. The molecule has 2 aliphatic heterocycles. The summed E-state index contributed by atoms with van der Waals surface area (Å²) in [7, 11) is 0.